The molecule has 2 aromatic rings. The lowest BCUT2D eigenvalue weighted by Gasteiger charge is -2.06. The van der Waals surface area contributed by atoms with E-state index in [1.54, 1.807) is 0 Å². The van der Waals surface area contributed by atoms with Crippen molar-refractivity contribution in [2.24, 2.45) is 5.84 Å². The molecule has 0 fully saturated rings. The van der Waals surface area contributed by atoms with Crippen LogP contribution in [0.25, 0.3) is 0 Å². The molecule has 0 radical (unpaired) electrons. The van der Waals surface area contributed by atoms with E-state index in [2.05, 4.69) is 10.2 Å². The van der Waals surface area contributed by atoms with Crippen LogP contribution in [0, 0.1) is 5.82 Å². The lowest BCUT2D eigenvalue weighted by Crippen LogP contribution is -2.30. The summed E-state index contributed by atoms with van der Waals surface area (Å²) in [5.74, 6) is 4.36. The van der Waals surface area contributed by atoms with Crippen molar-refractivity contribution in [1.82, 2.24) is 20.2 Å². The molecule has 112 valence electrons. The maximum atomic E-state index is 13.8. The number of nitrogens with two attached hydrogens (primary N) is 1. The van der Waals surface area contributed by atoms with Crippen molar-refractivity contribution in [3.8, 4) is 0 Å². The highest BCUT2D eigenvalue weighted by Gasteiger charge is 2.12. The minimum absolute atomic E-state index is 0.238. The predicted octanol–water partition coefficient (Wildman–Crippen LogP) is 0.626. The summed E-state index contributed by atoms with van der Waals surface area (Å²) in [5, 5.41) is 6.68. The van der Waals surface area contributed by atoms with Gasteiger partial charge in [-0.05, 0) is 30.7 Å². The van der Waals surface area contributed by atoms with Gasteiger partial charge in [0.05, 0.1) is 0 Å². The van der Waals surface area contributed by atoms with Gasteiger partial charge in [-0.2, -0.15) is 0 Å². The van der Waals surface area contributed by atoms with Crippen molar-refractivity contribution in [2.75, 3.05) is 0 Å². The molecule has 0 aliphatic carbocycles. The first-order valence-corrected chi connectivity index (χ1v) is 7.12. The summed E-state index contributed by atoms with van der Waals surface area (Å²) in [7, 11) is 0. The monoisotopic (exact) mass is 311 g/mol. The Balaban J connectivity index is 2.19. The molecule has 0 aliphatic rings. The fourth-order valence-corrected chi connectivity index (χ4v) is 2.73. The van der Waals surface area contributed by atoms with E-state index >= 15 is 0 Å². The Morgan fingerprint density at radius 3 is 3.00 bits per heavy atom. The normalized spacial score (nSPS) is 10.6. The van der Waals surface area contributed by atoms with Gasteiger partial charge in [-0.3, -0.25) is 14.8 Å². The summed E-state index contributed by atoms with van der Waals surface area (Å²) >= 11 is 1.21. The number of rotatable bonds is 5. The molecule has 1 aromatic heterocycles. The van der Waals surface area contributed by atoms with E-state index in [-0.39, 0.29) is 17.0 Å². The number of benzene rings is 1. The molecule has 21 heavy (non-hydrogen) atoms. The summed E-state index contributed by atoms with van der Waals surface area (Å²) < 4.78 is 15.2. The number of amides is 1. The summed E-state index contributed by atoms with van der Waals surface area (Å²) in [6.07, 6.45) is 0. The topological polar surface area (TPSA) is 106 Å². The van der Waals surface area contributed by atoms with Crippen LogP contribution < -0.4 is 17.0 Å². The Hall–Kier alpha value is -2.13. The number of halogens is 1. The highest BCUT2D eigenvalue weighted by Crippen LogP contribution is 2.22. The minimum Gasteiger partial charge on any atom is -0.290 e. The van der Waals surface area contributed by atoms with Gasteiger partial charge in [0.2, 0.25) is 0 Å². The minimum atomic E-state index is -0.494. The van der Waals surface area contributed by atoms with Crippen molar-refractivity contribution >= 4 is 17.7 Å². The molecule has 0 atom stereocenters. The first kappa shape index (κ1) is 15.3. The van der Waals surface area contributed by atoms with Gasteiger partial charge >= 0.3 is 5.69 Å². The number of H-pyrrole nitrogens is 1. The Labute approximate surface area is 123 Å². The predicted molar refractivity (Wildman–Crippen MR) is 76.1 cm³/mol. The van der Waals surface area contributed by atoms with E-state index in [9.17, 15) is 14.0 Å². The lowest BCUT2D eigenvalue weighted by molar-refractivity contribution is 0.0953. The first-order chi connectivity index (χ1) is 10.1. The van der Waals surface area contributed by atoms with Gasteiger partial charge in [-0.15, -0.1) is 5.10 Å². The van der Waals surface area contributed by atoms with Crippen molar-refractivity contribution in [3.05, 3.63) is 45.6 Å². The van der Waals surface area contributed by atoms with E-state index in [4.69, 9.17) is 5.84 Å². The maximum absolute atomic E-state index is 13.8. The van der Waals surface area contributed by atoms with Crippen molar-refractivity contribution in [1.29, 1.82) is 0 Å². The van der Waals surface area contributed by atoms with E-state index in [1.165, 1.54) is 34.5 Å². The number of carbonyl (C=O) groups excluding carboxylic acids is 1. The summed E-state index contributed by atoms with van der Waals surface area (Å²) in [4.78, 5) is 22.8. The second-order valence-corrected chi connectivity index (χ2v) is 5.07. The number of nitrogens with one attached hydrogen (secondary N) is 2. The number of nitrogen functional groups attached to an aromatic ring is 1. The fraction of sp³-hybridized carbons (Fsp3) is 0.250. The fourth-order valence-electron chi connectivity index (χ4n) is 1.74. The van der Waals surface area contributed by atoms with Gasteiger partial charge in [0.15, 0.2) is 5.16 Å². The van der Waals surface area contributed by atoms with Crippen molar-refractivity contribution < 1.29 is 9.18 Å². The standard InChI is InChI=1S/C12H14FN5O2S/c1-2-18-11(20)16-17-12(18)21-6-8-5-7(10(19)15-14)3-4-9(8)13/h3-5H,2,6,14H2,1H3,(H,15,19)(H,16,20). The molecule has 2 rings (SSSR count). The first-order valence-electron chi connectivity index (χ1n) is 6.14. The molecular formula is C12H14FN5O2S. The Kier molecular flexibility index (Phi) is 4.76. The van der Waals surface area contributed by atoms with E-state index in [1.807, 2.05) is 12.3 Å². The number of hydrogen-bond acceptors (Lipinski definition) is 5. The zero-order valence-corrected chi connectivity index (χ0v) is 12.0. The largest absolute Gasteiger partial charge is 0.343 e. The zero-order valence-electron chi connectivity index (χ0n) is 11.2. The second kappa shape index (κ2) is 6.55. The average molecular weight is 311 g/mol. The summed E-state index contributed by atoms with van der Waals surface area (Å²) in [5.41, 5.74) is 2.28. The maximum Gasteiger partial charge on any atom is 0.343 e. The van der Waals surface area contributed by atoms with Gasteiger partial charge in [-0.1, -0.05) is 11.8 Å². The second-order valence-electron chi connectivity index (χ2n) is 4.12. The molecule has 1 heterocycles. The van der Waals surface area contributed by atoms with Crippen LogP contribution in [0.3, 0.4) is 0 Å². The Bertz CT molecular complexity index is 712. The molecule has 0 saturated carbocycles. The van der Waals surface area contributed by atoms with Crippen LogP contribution in [0.1, 0.15) is 22.8 Å². The van der Waals surface area contributed by atoms with Crippen LogP contribution >= 0.6 is 11.8 Å². The molecule has 0 unspecified atom stereocenters. The molecule has 0 aliphatic heterocycles. The van der Waals surface area contributed by atoms with Gasteiger partial charge in [0.25, 0.3) is 5.91 Å². The van der Waals surface area contributed by atoms with Crippen LogP contribution in [0.2, 0.25) is 0 Å². The molecule has 0 bridgehead atoms. The zero-order chi connectivity index (χ0) is 15.4. The van der Waals surface area contributed by atoms with Crippen molar-refractivity contribution in [3.63, 3.8) is 0 Å². The number of aromatic amines is 1. The third-order valence-corrected chi connectivity index (χ3v) is 3.86. The van der Waals surface area contributed by atoms with E-state index in [0.717, 1.165) is 0 Å². The number of aromatic nitrogens is 3. The highest BCUT2D eigenvalue weighted by molar-refractivity contribution is 7.98. The number of carbonyl (C=O) groups is 1. The quantitative estimate of drug-likeness (QED) is 0.325. The molecule has 7 nitrogen and oxygen atoms in total. The summed E-state index contributed by atoms with van der Waals surface area (Å²) in [6.45, 7) is 2.28. The molecule has 1 amide bonds. The van der Waals surface area contributed by atoms with Crippen LogP contribution in [0.4, 0.5) is 4.39 Å². The Morgan fingerprint density at radius 1 is 1.57 bits per heavy atom. The lowest BCUT2D eigenvalue weighted by atomic mass is 10.1. The number of hydrogen-bond donors (Lipinski definition) is 3. The number of hydrazine groups is 1. The van der Waals surface area contributed by atoms with Gasteiger partial charge in [0, 0.05) is 17.9 Å². The molecular weight excluding hydrogens is 297 g/mol. The van der Waals surface area contributed by atoms with Crippen molar-refractivity contribution in [2.45, 2.75) is 24.4 Å². The van der Waals surface area contributed by atoms with Crippen LogP contribution in [-0.2, 0) is 12.3 Å². The van der Waals surface area contributed by atoms with Gasteiger partial charge in [-0.25, -0.2) is 20.1 Å². The molecule has 0 spiro atoms. The number of nitrogens with zero attached hydrogens (tertiary/aromatic N) is 2. The van der Waals surface area contributed by atoms with Gasteiger partial charge < -0.3 is 0 Å². The highest BCUT2D eigenvalue weighted by atomic mass is 32.2. The van der Waals surface area contributed by atoms with Crippen LogP contribution in [-0.4, -0.2) is 20.7 Å². The molecule has 1 aromatic carbocycles. The molecule has 9 heteroatoms. The smallest absolute Gasteiger partial charge is 0.290 e. The SMILES string of the molecule is CCn1c(SCc2cc(C(=O)NN)ccc2F)n[nH]c1=O. The summed E-state index contributed by atoms with van der Waals surface area (Å²) in [6, 6.07) is 3.98. The molecule has 4 N–H and O–H groups in total. The Morgan fingerprint density at radius 2 is 2.33 bits per heavy atom. The van der Waals surface area contributed by atoms with E-state index in [0.29, 0.717) is 17.3 Å². The third-order valence-electron chi connectivity index (χ3n) is 2.84. The average Bonchev–Trinajstić information content (AvgIpc) is 2.85. The van der Waals surface area contributed by atoms with E-state index < -0.39 is 11.7 Å². The van der Waals surface area contributed by atoms with Gasteiger partial charge in [0.1, 0.15) is 5.82 Å². The molecule has 0 saturated heterocycles. The van der Waals surface area contributed by atoms with Crippen LogP contribution in [0.5, 0.6) is 0 Å². The van der Waals surface area contributed by atoms with Crippen LogP contribution in [0.15, 0.2) is 28.2 Å². The third kappa shape index (κ3) is 3.31. The number of thioether (sulfide) groups is 1.